The molecule has 3 aliphatic rings. The Kier molecular flexibility index (Phi) is 4.19. The molecule has 0 saturated heterocycles. The zero-order valence-corrected chi connectivity index (χ0v) is 17.1. The minimum atomic E-state index is -0.759. The molecule has 0 spiro atoms. The molecule has 0 bridgehead atoms. The van der Waals surface area contributed by atoms with Crippen LogP contribution in [-0.2, 0) is 0 Å². The molecule has 4 unspecified atom stereocenters. The van der Waals surface area contributed by atoms with Gasteiger partial charge in [-0.1, -0.05) is 0 Å². The quantitative estimate of drug-likeness (QED) is 0.474. The largest absolute Gasteiger partial charge is 0.470 e. The van der Waals surface area contributed by atoms with E-state index in [0.29, 0.717) is 34.0 Å². The lowest BCUT2D eigenvalue weighted by atomic mass is 9.66. The summed E-state index contributed by atoms with van der Waals surface area (Å²) in [6.45, 7) is 11.4. The van der Waals surface area contributed by atoms with Gasteiger partial charge in [0, 0.05) is 35.0 Å². The van der Waals surface area contributed by atoms with Crippen LogP contribution in [0.5, 0.6) is 11.8 Å². The standard InChI is InChI=1S/C24H14N6O2/c1-11-4-14-18-17(13(6-25)7-26)21-19(15-5-12(2)10-30-24(15)31-21)20(16(8-27)28-3)22(18)32-23(14)29-9-11/h4-5,9-10,18-19,21-22H,1-2H3/b20-16+. The van der Waals surface area contributed by atoms with Crippen LogP contribution in [0, 0.1) is 54.4 Å². The zero-order chi connectivity index (χ0) is 22.6. The fourth-order valence-corrected chi connectivity index (χ4v) is 4.89. The highest BCUT2D eigenvalue weighted by atomic mass is 16.5. The zero-order valence-electron chi connectivity index (χ0n) is 17.1. The number of pyridine rings is 2. The first-order chi connectivity index (χ1) is 15.5. The molecule has 4 heterocycles. The molecule has 1 aliphatic carbocycles. The van der Waals surface area contributed by atoms with Crippen molar-refractivity contribution in [3.63, 3.8) is 0 Å². The molecule has 0 radical (unpaired) electrons. The van der Waals surface area contributed by atoms with Crippen LogP contribution in [0.3, 0.4) is 0 Å². The molecule has 4 atom stereocenters. The average Bonchev–Trinajstić information content (AvgIpc) is 3.34. The molecule has 32 heavy (non-hydrogen) atoms. The lowest BCUT2D eigenvalue weighted by Gasteiger charge is -2.38. The van der Waals surface area contributed by atoms with Crippen LogP contribution >= 0.6 is 0 Å². The van der Waals surface area contributed by atoms with Crippen LogP contribution in [0.4, 0.5) is 0 Å². The Morgan fingerprint density at radius 1 is 0.875 bits per heavy atom. The van der Waals surface area contributed by atoms with E-state index in [9.17, 15) is 15.8 Å². The van der Waals surface area contributed by atoms with E-state index in [2.05, 4.69) is 14.8 Å². The number of hydrogen-bond donors (Lipinski definition) is 0. The third kappa shape index (κ3) is 2.51. The monoisotopic (exact) mass is 418 g/mol. The van der Waals surface area contributed by atoms with Gasteiger partial charge in [0.25, 0.3) is 5.70 Å². The first-order valence-corrected chi connectivity index (χ1v) is 9.84. The molecule has 1 saturated carbocycles. The highest BCUT2D eigenvalue weighted by Gasteiger charge is 2.57. The maximum absolute atomic E-state index is 9.78. The molecule has 2 aromatic heterocycles. The van der Waals surface area contributed by atoms with Crippen molar-refractivity contribution < 1.29 is 9.47 Å². The molecule has 0 N–H and O–H groups in total. The summed E-state index contributed by atoms with van der Waals surface area (Å²) in [6, 6.07) is 9.80. The summed E-state index contributed by atoms with van der Waals surface area (Å²) in [5.41, 5.74) is 3.95. The molecule has 152 valence electrons. The van der Waals surface area contributed by atoms with Gasteiger partial charge in [-0.3, -0.25) is 0 Å². The molecule has 0 amide bonds. The molecule has 2 aromatic rings. The van der Waals surface area contributed by atoms with Gasteiger partial charge in [0.1, 0.15) is 29.9 Å². The number of aryl methyl sites for hydroxylation is 2. The van der Waals surface area contributed by atoms with E-state index >= 15 is 0 Å². The predicted molar refractivity (Wildman–Crippen MR) is 110 cm³/mol. The van der Waals surface area contributed by atoms with Gasteiger partial charge < -0.3 is 9.47 Å². The number of nitriles is 3. The van der Waals surface area contributed by atoms with E-state index in [0.717, 1.165) is 11.1 Å². The van der Waals surface area contributed by atoms with E-state index in [1.54, 1.807) is 12.4 Å². The van der Waals surface area contributed by atoms with Gasteiger partial charge >= 0.3 is 0 Å². The smallest absolute Gasteiger partial charge is 0.265 e. The van der Waals surface area contributed by atoms with Gasteiger partial charge in [-0.15, -0.1) is 0 Å². The molecule has 0 aromatic carbocycles. The van der Waals surface area contributed by atoms with Crippen LogP contribution in [0.25, 0.3) is 4.85 Å². The second-order valence-corrected chi connectivity index (χ2v) is 7.93. The molecule has 5 rings (SSSR count). The first kappa shape index (κ1) is 19.3. The molecule has 2 aliphatic heterocycles. The average molecular weight is 418 g/mol. The third-order valence-electron chi connectivity index (χ3n) is 6.07. The first-order valence-electron chi connectivity index (χ1n) is 9.84. The summed E-state index contributed by atoms with van der Waals surface area (Å²) < 4.78 is 12.4. The second kappa shape index (κ2) is 6.95. The summed E-state index contributed by atoms with van der Waals surface area (Å²) >= 11 is 0. The lowest BCUT2D eigenvalue weighted by molar-refractivity contribution is 0.165. The molecular weight excluding hydrogens is 404 g/mol. The number of allylic oxidation sites excluding steroid dienone is 2. The number of ether oxygens (including phenoxy) is 2. The van der Waals surface area contributed by atoms with Gasteiger partial charge in [0.05, 0.1) is 18.6 Å². The fourth-order valence-electron chi connectivity index (χ4n) is 4.89. The van der Waals surface area contributed by atoms with Crippen molar-refractivity contribution in [2.45, 2.75) is 37.9 Å². The number of nitrogens with zero attached hydrogens (tertiary/aromatic N) is 6. The Labute approximate surface area is 184 Å². The Hall–Kier alpha value is -4.66. The van der Waals surface area contributed by atoms with Gasteiger partial charge in [0.15, 0.2) is 0 Å². The maximum atomic E-state index is 9.78. The van der Waals surface area contributed by atoms with Crippen molar-refractivity contribution >= 4 is 0 Å². The van der Waals surface area contributed by atoms with E-state index in [4.69, 9.17) is 16.0 Å². The number of rotatable bonds is 0. The highest BCUT2D eigenvalue weighted by molar-refractivity contribution is 5.63. The Bertz CT molecular complexity index is 1280. The van der Waals surface area contributed by atoms with Crippen molar-refractivity contribution in [2.75, 3.05) is 0 Å². The Morgan fingerprint density at radius 2 is 1.38 bits per heavy atom. The topological polar surface area (TPSA) is 120 Å². The van der Waals surface area contributed by atoms with Crippen LogP contribution < -0.4 is 9.47 Å². The lowest BCUT2D eigenvalue weighted by Crippen LogP contribution is -2.41. The van der Waals surface area contributed by atoms with Crippen molar-refractivity contribution in [3.05, 3.63) is 80.6 Å². The van der Waals surface area contributed by atoms with Crippen molar-refractivity contribution in [3.8, 4) is 30.0 Å². The van der Waals surface area contributed by atoms with E-state index in [1.165, 1.54) is 0 Å². The van der Waals surface area contributed by atoms with Crippen LogP contribution in [0.1, 0.15) is 34.1 Å². The molecule has 8 nitrogen and oxygen atoms in total. The summed E-state index contributed by atoms with van der Waals surface area (Å²) in [7, 11) is 0. The third-order valence-corrected chi connectivity index (χ3v) is 6.07. The van der Waals surface area contributed by atoms with E-state index < -0.39 is 24.0 Å². The number of fused-ring (bicyclic) bond motifs is 6. The summed E-state index contributed by atoms with van der Waals surface area (Å²) in [6.07, 6.45) is 1.81. The fraction of sp³-hybridized carbons (Fsp3) is 0.250. The molecule has 1 fully saturated rings. The Morgan fingerprint density at radius 3 is 1.84 bits per heavy atom. The molecule has 8 heteroatoms. The van der Waals surface area contributed by atoms with Gasteiger partial charge in [-0.05, 0) is 42.7 Å². The van der Waals surface area contributed by atoms with E-state index in [1.807, 2.05) is 44.2 Å². The van der Waals surface area contributed by atoms with E-state index in [-0.39, 0.29) is 11.3 Å². The summed E-state index contributed by atoms with van der Waals surface area (Å²) in [5, 5.41) is 29.3. The summed E-state index contributed by atoms with van der Waals surface area (Å²) in [4.78, 5) is 12.2. The SMILES string of the molecule is [C-]#[N+]/C(C#N)=C1/C2Oc3ncc(C)cc3C2C(=C(C#N)C#N)C2Oc3ncc(C)cc3C12. The van der Waals surface area contributed by atoms with Crippen LogP contribution in [-0.4, -0.2) is 22.2 Å². The number of hydrogen-bond acceptors (Lipinski definition) is 7. The minimum absolute atomic E-state index is 0.0714. The van der Waals surface area contributed by atoms with Crippen molar-refractivity contribution in [1.29, 1.82) is 15.8 Å². The van der Waals surface area contributed by atoms with Crippen LogP contribution in [0.2, 0.25) is 0 Å². The predicted octanol–water partition coefficient (Wildman–Crippen LogP) is 3.54. The second-order valence-electron chi connectivity index (χ2n) is 7.93. The van der Waals surface area contributed by atoms with Crippen molar-refractivity contribution in [2.24, 2.45) is 0 Å². The summed E-state index contributed by atoms with van der Waals surface area (Å²) in [5.74, 6) is -0.436. The minimum Gasteiger partial charge on any atom is -0.470 e. The molecular formula is C24H14N6O2. The Balaban J connectivity index is 1.87. The normalized spacial score (nSPS) is 25.2. The van der Waals surface area contributed by atoms with Gasteiger partial charge in [0.2, 0.25) is 11.8 Å². The maximum Gasteiger partial charge on any atom is 0.265 e. The van der Waals surface area contributed by atoms with Crippen molar-refractivity contribution in [1.82, 2.24) is 9.97 Å². The van der Waals surface area contributed by atoms with Gasteiger partial charge in [-0.2, -0.15) is 10.5 Å². The van der Waals surface area contributed by atoms with Crippen LogP contribution in [0.15, 0.2) is 46.9 Å². The number of aromatic nitrogens is 2. The van der Waals surface area contributed by atoms with Gasteiger partial charge in [-0.25, -0.2) is 20.1 Å². The highest BCUT2D eigenvalue weighted by Crippen LogP contribution is 2.59.